The number of anilines is 1. The van der Waals surface area contributed by atoms with Crippen molar-refractivity contribution in [2.75, 3.05) is 12.4 Å². The second-order valence-electron chi connectivity index (χ2n) is 4.36. The Bertz CT molecular complexity index is 704. The number of halogens is 3. The Hall–Kier alpha value is -1.23. The lowest BCUT2D eigenvalue weighted by Gasteiger charge is -2.12. The van der Waals surface area contributed by atoms with E-state index < -0.39 is 0 Å². The third-order valence-corrected chi connectivity index (χ3v) is 4.36. The first-order chi connectivity index (χ1) is 9.93. The third kappa shape index (κ3) is 3.51. The summed E-state index contributed by atoms with van der Waals surface area (Å²) < 4.78 is 5.82. The normalized spacial score (nSPS) is 10.3. The highest BCUT2D eigenvalue weighted by atomic mass is 79.9. The molecule has 110 valence electrons. The van der Waals surface area contributed by atoms with Crippen LogP contribution < -0.4 is 10.1 Å². The quantitative estimate of drug-likeness (QED) is 0.771. The van der Waals surface area contributed by atoms with Crippen molar-refractivity contribution in [1.82, 2.24) is 0 Å². The Morgan fingerprint density at radius 1 is 1.24 bits per heavy atom. The first-order valence-electron chi connectivity index (χ1n) is 6.03. The molecule has 6 heteroatoms. The van der Waals surface area contributed by atoms with Crippen LogP contribution in [0, 0.1) is 6.92 Å². The summed E-state index contributed by atoms with van der Waals surface area (Å²) in [5.41, 5.74) is 1.72. The highest BCUT2D eigenvalue weighted by Crippen LogP contribution is 2.33. The maximum absolute atomic E-state index is 12.3. The molecule has 0 radical (unpaired) electrons. The van der Waals surface area contributed by atoms with E-state index in [0.29, 0.717) is 31.5 Å². The van der Waals surface area contributed by atoms with Gasteiger partial charge in [-0.1, -0.05) is 29.3 Å². The van der Waals surface area contributed by atoms with E-state index in [1.54, 1.807) is 37.4 Å². The van der Waals surface area contributed by atoms with Gasteiger partial charge in [0.2, 0.25) is 0 Å². The summed E-state index contributed by atoms with van der Waals surface area (Å²) >= 11 is 15.6. The van der Waals surface area contributed by atoms with Crippen molar-refractivity contribution in [3.63, 3.8) is 0 Å². The van der Waals surface area contributed by atoms with Crippen LogP contribution in [0.25, 0.3) is 0 Å². The molecule has 0 aliphatic heterocycles. The SMILES string of the molecule is COc1ccc(C(=O)Nc2c(Cl)ccc(C)c2Cl)cc1Br. The van der Waals surface area contributed by atoms with E-state index in [9.17, 15) is 4.79 Å². The van der Waals surface area contributed by atoms with Crippen LogP contribution in [-0.4, -0.2) is 13.0 Å². The molecule has 2 aromatic carbocycles. The summed E-state index contributed by atoms with van der Waals surface area (Å²) in [7, 11) is 1.56. The molecule has 0 unspecified atom stereocenters. The molecule has 0 spiro atoms. The fourth-order valence-electron chi connectivity index (χ4n) is 1.76. The molecule has 0 bridgehead atoms. The lowest BCUT2D eigenvalue weighted by molar-refractivity contribution is 0.102. The minimum absolute atomic E-state index is 0.298. The predicted molar refractivity (Wildman–Crippen MR) is 89.8 cm³/mol. The molecule has 0 saturated carbocycles. The summed E-state index contributed by atoms with van der Waals surface area (Å²) in [4.78, 5) is 12.3. The molecule has 0 aliphatic carbocycles. The van der Waals surface area contributed by atoms with Crippen LogP contribution in [0.15, 0.2) is 34.8 Å². The molecule has 2 rings (SSSR count). The number of hydrogen-bond acceptors (Lipinski definition) is 2. The minimum Gasteiger partial charge on any atom is -0.496 e. The Labute approximate surface area is 141 Å². The number of aryl methyl sites for hydroxylation is 1. The van der Waals surface area contributed by atoms with Crippen molar-refractivity contribution in [2.45, 2.75) is 6.92 Å². The smallest absolute Gasteiger partial charge is 0.255 e. The number of nitrogens with one attached hydrogen (secondary N) is 1. The molecule has 0 saturated heterocycles. The summed E-state index contributed by atoms with van der Waals surface area (Å²) in [5, 5.41) is 3.56. The van der Waals surface area contributed by atoms with Gasteiger partial charge in [-0.05, 0) is 52.7 Å². The molecule has 2 aromatic rings. The minimum atomic E-state index is -0.298. The molecule has 0 heterocycles. The number of hydrogen-bond donors (Lipinski definition) is 1. The maximum Gasteiger partial charge on any atom is 0.255 e. The summed E-state index contributed by atoms with van der Waals surface area (Å²) in [6.07, 6.45) is 0. The van der Waals surface area contributed by atoms with Crippen molar-refractivity contribution in [2.24, 2.45) is 0 Å². The van der Waals surface area contributed by atoms with E-state index in [-0.39, 0.29) is 5.91 Å². The van der Waals surface area contributed by atoms with Crippen LogP contribution in [-0.2, 0) is 0 Å². The van der Waals surface area contributed by atoms with E-state index in [2.05, 4.69) is 21.2 Å². The number of ether oxygens (including phenoxy) is 1. The van der Waals surface area contributed by atoms with Crippen LogP contribution in [0.4, 0.5) is 5.69 Å². The van der Waals surface area contributed by atoms with E-state index in [4.69, 9.17) is 27.9 Å². The Morgan fingerprint density at radius 3 is 2.57 bits per heavy atom. The van der Waals surface area contributed by atoms with Crippen LogP contribution >= 0.6 is 39.1 Å². The standard InChI is InChI=1S/C15H12BrCl2NO2/c1-8-3-5-11(17)14(13(8)18)19-15(20)9-4-6-12(21-2)10(16)7-9/h3-7H,1-2H3,(H,19,20). The van der Waals surface area contributed by atoms with E-state index >= 15 is 0 Å². The average molecular weight is 389 g/mol. The largest absolute Gasteiger partial charge is 0.496 e. The summed E-state index contributed by atoms with van der Waals surface area (Å²) in [6, 6.07) is 8.54. The fourth-order valence-corrected chi connectivity index (χ4v) is 2.77. The van der Waals surface area contributed by atoms with Crippen LogP contribution in [0.3, 0.4) is 0 Å². The van der Waals surface area contributed by atoms with Gasteiger partial charge in [-0.25, -0.2) is 0 Å². The predicted octanol–water partition coefficient (Wildman–Crippen LogP) is 5.33. The molecule has 1 amide bonds. The molecule has 21 heavy (non-hydrogen) atoms. The van der Waals surface area contributed by atoms with Gasteiger partial charge in [-0.3, -0.25) is 4.79 Å². The Balaban J connectivity index is 2.30. The highest BCUT2D eigenvalue weighted by molar-refractivity contribution is 9.10. The second-order valence-corrected chi connectivity index (χ2v) is 6.00. The molecule has 0 atom stereocenters. The molecular weight excluding hydrogens is 377 g/mol. The van der Waals surface area contributed by atoms with Gasteiger partial charge in [0, 0.05) is 5.56 Å². The second kappa shape index (κ2) is 6.69. The van der Waals surface area contributed by atoms with Crippen LogP contribution in [0.1, 0.15) is 15.9 Å². The molecular formula is C15H12BrCl2NO2. The highest BCUT2D eigenvalue weighted by Gasteiger charge is 2.14. The van der Waals surface area contributed by atoms with Gasteiger partial charge in [0.05, 0.1) is 27.3 Å². The first-order valence-corrected chi connectivity index (χ1v) is 7.58. The van der Waals surface area contributed by atoms with Crippen molar-refractivity contribution in [1.29, 1.82) is 0 Å². The number of benzene rings is 2. The molecule has 1 N–H and O–H groups in total. The molecule has 0 fully saturated rings. The zero-order valence-corrected chi connectivity index (χ0v) is 14.4. The Morgan fingerprint density at radius 2 is 1.95 bits per heavy atom. The van der Waals surface area contributed by atoms with E-state index in [0.717, 1.165) is 5.56 Å². The van der Waals surface area contributed by atoms with Gasteiger partial charge in [0.15, 0.2) is 0 Å². The van der Waals surface area contributed by atoms with Crippen LogP contribution in [0.5, 0.6) is 5.75 Å². The van der Waals surface area contributed by atoms with Crippen molar-refractivity contribution < 1.29 is 9.53 Å². The lowest BCUT2D eigenvalue weighted by atomic mass is 10.1. The topological polar surface area (TPSA) is 38.3 Å². The number of rotatable bonds is 3. The van der Waals surface area contributed by atoms with Gasteiger partial charge < -0.3 is 10.1 Å². The molecule has 3 nitrogen and oxygen atoms in total. The number of amides is 1. The number of methoxy groups -OCH3 is 1. The van der Waals surface area contributed by atoms with Gasteiger partial charge in [-0.2, -0.15) is 0 Å². The van der Waals surface area contributed by atoms with Gasteiger partial charge in [0.25, 0.3) is 5.91 Å². The monoisotopic (exact) mass is 387 g/mol. The van der Waals surface area contributed by atoms with Crippen molar-refractivity contribution in [3.05, 3.63) is 56.0 Å². The van der Waals surface area contributed by atoms with E-state index in [1.807, 2.05) is 6.92 Å². The maximum atomic E-state index is 12.3. The number of carbonyl (C=O) groups excluding carboxylic acids is 1. The van der Waals surface area contributed by atoms with Crippen molar-refractivity contribution >= 4 is 50.7 Å². The summed E-state index contributed by atoms with van der Waals surface area (Å²) in [6.45, 7) is 1.85. The van der Waals surface area contributed by atoms with Gasteiger partial charge in [-0.15, -0.1) is 0 Å². The third-order valence-electron chi connectivity index (χ3n) is 2.94. The van der Waals surface area contributed by atoms with Gasteiger partial charge >= 0.3 is 0 Å². The fraction of sp³-hybridized carbons (Fsp3) is 0.133. The Kier molecular flexibility index (Phi) is 5.14. The molecule has 0 aromatic heterocycles. The first kappa shape index (κ1) is 16.1. The zero-order chi connectivity index (χ0) is 15.6. The van der Waals surface area contributed by atoms with E-state index in [1.165, 1.54) is 0 Å². The summed E-state index contributed by atoms with van der Waals surface area (Å²) in [5.74, 6) is 0.353. The zero-order valence-electron chi connectivity index (χ0n) is 11.3. The van der Waals surface area contributed by atoms with Gasteiger partial charge in [0.1, 0.15) is 5.75 Å². The van der Waals surface area contributed by atoms with Crippen LogP contribution in [0.2, 0.25) is 10.0 Å². The number of carbonyl (C=O) groups is 1. The molecule has 0 aliphatic rings. The van der Waals surface area contributed by atoms with Crippen molar-refractivity contribution in [3.8, 4) is 5.75 Å². The lowest BCUT2D eigenvalue weighted by Crippen LogP contribution is -2.13. The average Bonchev–Trinajstić information content (AvgIpc) is 2.47.